The summed E-state index contributed by atoms with van der Waals surface area (Å²) in [6, 6.07) is 8.80. The van der Waals surface area contributed by atoms with Gasteiger partial charge < -0.3 is 10.2 Å². The summed E-state index contributed by atoms with van der Waals surface area (Å²) in [6.07, 6.45) is 6.70. The summed E-state index contributed by atoms with van der Waals surface area (Å²) in [5.74, 6) is 0.889. The monoisotopic (exact) mass is 286 g/mol. The summed E-state index contributed by atoms with van der Waals surface area (Å²) in [5, 5.41) is 3.38. The molecular formula is C18H26N2O. The Bertz CT molecular complexity index is 476. The molecule has 114 valence electrons. The van der Waals surface area contributed by atoms with E-state index in [2.05, 4.69) is 24.4 Å². The average Bonchev–Trinajstić information content (AvgIpc) is 2.55. The van der Waals surface area contributed by atoms with Crippen molar-refractivity contribution in [1.82, 2.24) is 10.2 Å². The molecule has 1 heterocycles. The van der Waals surface area contributed by atoms with Gasteiger partial charge in [0.15, 0.2) is 0 Å². The SMILES string of the molecule is CC1CN(C(=O)c2ccc(C3CCCCC3)cc2)CCN1. The van der Waals surface area contributed by atoms with Gasteiger partial charge in [0.05, 0.1) is 0 Å². The van der Waals surface area contributed by atoms with Gasteiger partial charge in [-0.3, -0.25) is 4.79 Å². The number of carbonyl (C=O) groups is 1. The van der Waals surface area contributed by atoms with E-state index in [9.17, 15) is 4.79 Å². The summed E-state index contributed by atoms with van der Waals surface area (Å²) >= 11 is 0. The van der Waals surface area contributed by atoms with E-state index < -0.39 is 0 Å². The predicted molar refractivity (Wildman–Crippen MR) is 85.6 cm³/mol. The van der Waals surface area contributed by atoms with E-state index in [-0.39, 0.29) is 5.91 Å². The highest BCUT2D eigenvalue weighted by Gasteiger charge is 2.22. The molecule has 0 aromatic heterocycles. The first-order chi connectivity index (χ1) is 10.2. The van der Waals surface area contributed by atoms with Crippen LogP contribution >= 0.6 is 0 Å². The van der Waals surface area contributed by atoms with E-state index in [1.807, 2.05) is 17.0 Å². The highest BCUT2D eigenvalue weighted by Crippen LogP contribution is 2.32. The number of benzene rings is 1. The van der Waals surface area contributed by atoms with Crippen LogP contribution in [0.5, 0.6) is 0 Å². The fraction of sp³-hybridized carbons (Fsp3) is 0.611. The van der Waals surface area contributed by atoms with Crippen molar-refractivity contribution < 1.29 is 4.79 Å². The van der Waals surface area contributed by atoms with Gasteiger partial charge in [-0.05, 0) is 43.4 Å². The highest BCUT2D eigenvalue weighted by molar-refractivity contribution is 5.94. The van der Waals surface area contributed by atoms with Crippen LogP contribution in [0.4, 0.5) is 0 Å². The Balaban J connectivity index is 1.67. The topological polar surface area (TPSA) is 32.3 Å². The van der Waals surface area contributed by atoms with Crippen LogP contribution < -0.4 is 5.32 Å². The second-order valence-corrected chi connectivity index (χ2v) is 6.56. The molecule has 2 fully saturated rings. The van der Waals surface area contributed by atoms with E-state index in [0.717, 1.165) is 25.2 Å². The number of piperazine rings is 1. The predicted octanol–water partition coefficient (Wildman–Crippen LogP) is 3.17. The molecule has 1 aromatic carbocycles. The zero-order valence-corrected chi connectivity index (χ0v) is 13.0. The molecule has 1 amide bonds. The van der Waals surface area contributed by atoms with Gasteiger partial charge in [-0.2, -0.15) is 0 Å². The summed E-state index contributed by atoms with van der Waals surface area (Å²) < 4.78 is 0. The maximum atomic E-state index is 12.5. The van der Waals surface area contributed by atoms with Crippen LogP contribution in [0.25, 0.3) is 0 Å². The fourth-order valence-electron chi connectivity index (χ4n) is 3.63. The normalized spacial score (nSPS) is 24.0. The van der Waals surface area contributed by atoms with Crippen molar-refractivity contribution in [2.24, 2.45) is 0 Å². The second-order valence-electron chi connectivity index (χ2n) is 6.56. The Kier molecular flexibility index (Phi) is 4.59. The van der Waals surface area contributed by atoms with Crippen molar-refractivity contribution in [1.29, 1.82) is 0 Å². The number of carbonyl (C=O) groups excluding carboxylic acids is 1. The first-order valence-electron chi connectivity index (χ1n) is 8.36. The Morgan fingerprint density at radius 3 is 2.52 bits per heavy atom. The van der Waals surface area contributed by atoms with E-state index in [0.29, 0.717) is 12.0 Å². The van der Waals surface area contributed by atoms with Gasteiger partial charge in [0.2, 0.25) is 0 Å². The van der Waals surface area contributed by atoms with E-state index in [1.165, 1.54) is 37.7 Å². The van der Waals surface area contributed by atoms with E-state index in [1.54, 1.807) is 0 Å². The van der Waals surface area contributed by atoms with Gasteiger partial charge in [0.1, 0.15) is 0 Å². The van der Waals surface area contributed by atoms with Gasteiger partial charge in [0, 0.05) is 31.2 Å². The van der Waals surface area contributed by atoms with Crippen LogP contribution in [0.3, 0.4) is 0 Å². The minimum Gasteiger partial charge on any atom is -0.336 e. The van der Waals surface area contributed by atoms with Crippen molar-refractivity contribution in [2.45, 2.75) is 51.0 Å². The molecule has 3 heteroatoms. The maximum absolute atomic E-state index is 12.5. The van der Waals surface area contributed by atoms with Crippen molar-refractivity contribution in [3.8, 4) is 0 Å². The van der Waals surface area contributed by atoms with Crippen molar-refractivity contribution in [3.05, 3.63) is 35.4 Å². The van der Waals surface area contributed by atoms with Gasteiger partial charge in [-0.1, -0.05) is 31.4 Å². The lowest BCUT2D eigenvalue weighted by atomic mass is 9.84. The molecule has 1 aromatic rings. The molecule has 1 saturated heterocycles. The second kappa shape index (κ2) is 6.61. The number of nitrogens with zero attached hydrogens (tertiary/aromatic N) is 1. The quantitative estimate of drug-likeness (QED) is 0.905. The zero-order chi connectivity index (χ0) is 14.7. The van der Waals surface area contributed by atoms with Crippen LogP contribution in [0.15, 0.2) is 24.3 Å². The van der Waals surface area contributed by atoms with Gasteiger partial charge in [-0.25, -0.2) is 0 Å². The molecule has 1 saturated carbocycles. The average molecular weight is 286 g/mol. The lowest BCUT2D eigenvalue weighted by molar-refractivity contribution is 0.0709. The molecule has 0 radical (unpaired) electrons. The largest absolute Gasteiger partial charge is 0.336 e. The molecule has 1 aliphatic heterocycles. The number of hydrogen-bond acceptors (Lipinski definition) is 2. The van der Waals surface area contributed by atoms with E-state index >= 15 is 0 Å². The first kappa shape index (κ1) is 14.6. The molecule has 3 nitrogen and oxygen atoms in total. The third kappa shape index (κ3) is 3.46. The number of rotatable bonds is 2. The lowest BCUT2D eigenvalue weighted by Gasteiger charge is -2.32. The number of amides is 1. The zero-order valence-electron chi connectivity index (χ0n) is 13.0. The molecule has 2 aliphatic rings. The first-order valence-corrected chi connectivity index (χ1v) is 8.36. The van der Waals surface area contributed by atoms with Crippen LogP contribution in [0, 0.1) is 0 Å². The molecule has 1 aliphatic carbocycles. The maximum Gasteiger partial charge on any atom is 0.253 e. The number of nitrogens with one attached hydrogen (secondary N) is 1. The van der Waals surface area contributed by atoms with Crippen LogP contribution in [0.2, 0.25) is 0 Å². The Hall–Kier alpha value is -1.35. The molecule has 1 atom stereocenters. The minimum absolute atomic E-state index is 0.179. The molecule has 1 unspecified atom stereocenters. The summed E-state index contributed by atoms with van der Waals surface area (Å²) in [5.41, 5.74) is 2.25. The van der Waals surface area contributed by atoms with Crippen molar-refractivity contribution >= 4 is 5.91 Å². The van der Waals surface area contributed by atoms with Crippen molar-refractivity contribution in [3.63, 3.8) is 0 Å². The Labute approximate surface area is 127 Å². The molecule has 0 bridgehead atoms. The summed E-state index contributed by atoms with van der Waals surface area (Å²) in [7, 11) is 0. The van der Waals surface area contributed by atoms with Gasteiger partial charge in [0.25, 0.3) is 5.91 Å². The molecule has 3 rings (SSSR count). The molecular weight excluding hydrogens is 260 g/mol. The smallest absolute Gasteiger partial charge is 0.253 e. The van der Waals surface area contributed by atoms with Crippen LogP contribution in [-0.4, -0.2) is 36.5 Å². The standard InChI is InChI=1S/C18H26N2O/c1-14-13-20(12-11-19-14)18(21)17-9-7-16(8-10-17)15-5-3-2-4-6-15/h7-10,14-15,19H,2-6,11-13H2,1H3. The van der Waals surface area contributed by atoms with Crippen molar-refractivity contribution in [2.75, 3.05) is 19.6 Å². The Morgan fingerprint density at radius 1 is 1.14 bits per heavy atom. The molecule has 1 N–H and O–H groups in total. The van der Waals surface area contributed by atoms with Gasteiger partial charge in [-0.15, -0.1) is 0 Å². The number of hydrogen-bond donors (Lipinski definition) is 1. The highest BCUT2D eigenvalue weighted by atomic mass is 16.2. The third-order valence-electron chi connectivity index (χ3n) is 4.89. The van der Waals surface area contributed by atoms with Crippen LogP contribution in [0.1, 0.15) is 60.9 Å². The third-order valence-corrected chi connectivity index (χ3v) is 4.89. The summed E-state index contributed by atoms with van der Waals surface area (Å²) in [6.45, 7) is 4.65. The minimum atomic E-state index is 0.179. The summed E-state index contributed by atoms with van der Waals surface area (Å²) in [4.78, 5) is 14.5. The lowest BCUT2D eigenvalue weighted by Crippen LogP contribution is -2.51. The van der Waals surface area contributed by atoms with Crippen LogP contribution in [-0.2, 0) is 0 Å². The van der Waals surface area contributed by atoms with E-state index in [4.69, 9.17) is 0 Å². The Morgan fingerprint density at radius 2 is 1.86 bits per heavy atom. The molecule has 21 heavy (non-hydrogen) atoms. The fourth-order valence-corrected chi connectivity index (χ4v) is 3.63. The molecule has 0 spiro atoms. The van der Waals surface area contributed by atoms with Gasteiger partial charge >= 0.3 is 0 Å².